The quantitative estimate of drug-likeness (QED) is 0.890. The van der Waals surface area contributed by atoms with Gasteiger partial charge in [0.2, 0.25) is 0 Å². The zero-order valence-electron chi connectivity index (χ0n) is 11.7. The van der Waals surface area contributed by atoms with Gasteiger partial charge in [-0.05, 0) is 35.6 Å². The fraction of sp³-hybridized carbons (Fsp3) is 0.600. The van der Waals surface area contributed by atoms with Gasteiger partial charge >= 0.3 is 0 Å². The van der Waals surface area contributed by atoms with Crippen LogP contribution in [0.15, 0.2) is 23.1 Å². The molecule has 2 atom stereocenters. The molecule has 0 amide bonds. The maximum Gasteiger partial charge on any atom is 0.0533 e. The van der Waals surface area contributed by atoms with E-state index >= 15 is 0 Å². The Morgan fingerprint density at radius 2 is 2.11 bits per heavy atom. The zero-order valence-corrected chi connectivity index (χ0v) is 12.6. The van der Waals surface area contributed by atoms with E-state index in [-0.39, 0.29) is 5.41 Å². The lowest BCUT2D eigenvalue weighted by Crippen LogP contribution is -2.28. The second-order valence-electron chi connectivity index (χ2n) is 5.95. The van der Waals surface area contributed by atoms with Gasteiger partial charge in [-0.25, -0.2) is 0 Å². The van der Waals surface area contributed by atoms with Crippen molar-refractivity contribution in [2.24, 2.45) is 0 Å². The van der Waals surface area contributed by atoms with Crippen LogP contribution in [-0.2, 0) is 16.2 Å². The lowest BCUT2D eigenvalue weighted by atomic mass is 9.85. The smallest absolute Gasteiger partial charge is 0.0533 e. The van der Waals surface area contributed by atoms with E-state index in [1.807, 2.05) is 0 Å². The number of rotatable bonds is 2. The molecule has 2 nitrogen and oxygen atoms in total. The Kier molecular flexibility index (Phi) is 3.93. The highest BCUT2D eigenvalue weighted by Crippen LogP contribution is 2.33. The summed E-state index contributed by atoms with van der Waals surface area (Å²) in [5.74, 6) is 0.777. The van der Waals surface area contributed by atoms with Gasteiger partial charge in [0.15, 0.2) is 0 Å². The molecule has 0 radical (unpaired) electrons. The molecule has 1 aromatic rings. The second-order valence-corrected chi connectivity index (χ2v) is 7.49. The summed E-state index contributed by atoms with van der Waals surface area (Å²) in [5, 5.41) is 3.51. The summed E-state index contributed by atoms with van der Waals surface area (Å²) >= 11 is 0. The molecular formula is C15H23NOS. The first-order chi connectivity index (χ1) is 8.43. The minimum atomic E-state index is -0.814. The average molecular weight is 265 g/mol. The van der Waals surface area contributed by atoms with Crippen LogP contribution in [0.3, 0.4) is 0 Å². The van der Waals surface area contributed by atoms with Crippen LogP contribution in [0.4, 0.5) is 0 Å². The third-order valence-electron chi connectivity index (χ3n) is 3.54. The Balaban J connectivity index is 2.46. The van der Waals surface area contributed by atoms with Gasteiger partial charge in [-0.2, -0.15) is 0 Å². The van der Waals surface area contributed by atoms with Crippen molar-refractivity contribution in [1.29, 1.82) is 0 Å². The minimum Gasteiger partial charge on any atom is -0.310 e. The fourth-order valence-electron chi connectivity index (χ4n) is 2.44. The molecule has 1 heterocycles. The lowest BCUT2D eigenvalue weighted by molar-refractivity contribution is 0.515. The molecule has 0 fully saturated rings. The van der Waals surface area contributed by atoms with Crippen LogP contribution in [0, 0.1) is 0 Å². The highest BCUT2D eigenvalue weighted by atomic mass is 32.2. The van der Waals surface area contributed by atoms with Crippen molar-refractivity contribution < 1.29 is 4.21 Å². The molecule has 0 saturated heterocycles. The van der Waals surface area contributed by atoms with E-state index < -0.39 is 10.8 Å². The van der Waals surface area contributed by atoms with Gasteiger partial charge in [-0.3, -0.25) is 4.21 Å². The summed E-state index contributed by atoms with van der Waals surface area (Å²) in [6.07, 6.45) is 0.973. The van der Waals surface area contributed by atoms with Crippen molar-refractivity contribution in [3.8, 4) is 0 Å². The van der Waals surface area contributed by atoms with Crippen molar-refractivity contribution in [1.82, 2.24) is 5.32 Å². The van der Waals surface area contributed by atoms with E-state index in [1.165, 1.54) is 11.1 Å². The molecule has 0 aliphatic carbocycles. The average Bonchev–Trinajstić information content (AvgIpc) is 2.31. The molecule has 3 heteroatoms. The SMILES string of the molecule is CCNC1CCS(=O)c2ccc(C(C)(C)C)cc21. The van der Waals surface area contributed by atoms with Gasteiger partial charge in [-0.15, -0.1) is 0 Å². The molecule has 0 saturated carbocycles. The standard InChI is InChI=1S/C15H23NOS/c1-5-16-13-8-9-18(17)14-7-6-11(10-12(13)14)15(2,3)4/h6-7,10,13,16H,5,8-9H2,1-4H3. The van der Waals surface area contributed by atoms with Gasteiger partial charge in [0.1, 0.15) is 0 Å². The van der Waals surface area contributed by atoms with Gasteiger partial charge < -0.3 is 5.32 Å². The molecule has 0 spiro atoms. The molecule has 2 unspecified atom stereocenters. The zero-order chi connectivity index (χ0) is 13.3. The van der Waals surface area contributed by atoms with Crippen LogP contribution in [0.1, 0.15) is 51.3 Å². The predicted molar refractivity (Wildman–Crippen MR) is 77.5 cm³/mol. The summed E-state index contributed by atoms with van der Waals surface area (Å²) in [5.41, 5.74) is 2.71. The Morgan fingerprint density at radius 1 is 1.39 bits per heavy atom. The van der Waals surface area contributed by atoms with Gasteiger partial charge in [-0.1, -0.05) is 39.8 Å². The summed E-state index contributed by atoms with van der Waals surface area (Å²) in [7, 11) is -0.814. The fourth-order valence-corrected chi connectivity index (χ4v) is 3.80. The van der Waals surface area contributed by atoms with E-state index in [0.717, 1.165) is 23.6 Å². The Bertz CT molecular complexity index is 462. The van der Waals surface area contributed by atoms with Gasteiger partial charge in [0.05, 0.1) is 10.8 Å². The van der Waals surface area contributed by atoms with Crippen molar-refractivity contribution >= 4 is 10.8 Å². The van der Waals surface area contributed by atoms with Crippen LogP contribution in [0.25, 0.3) is 0 Å². The predicted octanol–water partition coefficient (Wildman–Crippen LogP) is 3.15. The minimum absolute atomic E-state index is 0.144. The van der Waals surface area contributed by atoms with Crippen LogP contribution < -0.4 is 5.32 Å². The monoisotopic (exact) mass is 265 g/mol. The number of fused-ring (bicyclic) bond motifs is 1. The van der Waals surface area contributed by atoms with E-state index in [2.05, 4.69) is 51.2 Å². The van der Waals surface area contributed by atoms with E-state index in [1.54, 1.807) is 0 Å². The van der Waals surface area contributed by atoms with Crippen LogP contribution >= 0.6 is 0 Å². The third kappa shape index (κ3) is 2.67. The summed E-state index contributed by atoms with van der Waals surface area (Å²) in [4.78, 5) is 1.03. The number of nitrogens with one attached hydrogen (secondary N) is 1. The number of hydrogen-bond donors (Lipinski definition) is 1. The Morgan fingerprint density at radius 3 is 2.72 bits per heavy atom. The second kappa shape index (κ2) is 5.14. The molecule has 2 rings (SSSR count). The highest BCUT2D eigenvalue weighted by Gasteiger charge is 2.26. The lowest BCUT2D eigenvalue weighted by Gasteiger charge is -2.28. The third-order valence-corrected chi connectivity index (χ3v) is 5.01. The molecule has 0 bridgehead atoms. The molecule has 1 aliphatic heterocycles. The highest BCUT2D eigenvalue weighted by molar-refractivity contribution is 7.85. The maximum atomic E-state index is 12.1. The number of benzene rings is 1. The molecule has 1 aromatic carbocycles. The van der Waals surface area contributed by atoms with Crippen molar-refractivity contribution in [3.05, 3.63) is 29.3 Å². The topological polar surface area (TPSA) is 29.1 Å². The maximum absolute atomic E-state index is 12.1. The van der Waals surface area contributed by atoms with E-state index in [9.17, 15) is 4.21 Å². The summed E-state index contributed by atoms with van der Waals surface area (Å²) < 4.78 is 12.1. The molecule has 100 valence electrons. The molecule has 1 N–H and O–H groups in total. The van der Waals surface area contributed by atoms with Gasteiger partial charge in [0.25, 0.3) is 0 Å². The van der Waals surface area contributed by atoms with Crippen molar-refractivity contribution in [2.45, 2.75) is 50.5 Å². The number of hydrogen-bond acceptors (Lipinski definition) is 2. The van der Waals surface area contributed by atoms with Crippen LogP contribution in [-0.4, -0.2) is 16.5 Å². The van der Waals surface area contributed by atoms with Gasteiger partial charge in [0, 0.05) is 16.7 Å². The molecular weight excluding hydrogens is 242 g/mol. The molecule has 0 aromatic heterocycles. The van der Waals surface area contributed by atoms with Crippen LogP contribution in [0.2, 0.25) is 0 Å². The van der Waals surface area contributed by atoms with Crippen molar-refractivity contribution in [2.75, 3.05) is 12.3 Å². The first-order valence-corrected chi connectivity index (χ1v) is 8.01. The first-order valence-electron chi connectivity index (χ1n) is 6.69. The van der Waals surface area contributed by atoms with E-state index in [4.69, 9.17) is 0 Å². The summed E-state index contributed by atoms with van der Waals surface area (Å²) in [6, 6.07) is 6.81. The van der Waals surface area contributed by atoms with Crippen LogP contribution in [0.5, 0.6) is 0 Å². The Labute approximate surface area is 113 Å². The van der Waals surface area contributed by atoms with E-state index in [0.29, 0.717) is 6.04 Å². The molecule has 18 heavy (non-hydrogen) atoms. The molecule has 1 aliphatic rings. The first kappa shape index (κ1) is 13.8. The Hall–Kier alpha value is -0.670. The summed E-state index contributed by atoms with van der Waals surface area (Å²) in [6.45, 7) is 9.74. The normalized spacial score (nSPS) is 23.8. The largest absolute Gasteiger partial charge is 0.310 e. The van der Waals surface area contributed by atoms with Crippen molar-refractivity contribution in [3.63, 3.8) is 0 Å².